The van der Waals surface area contributed by atoms with Crippen LogP contribution in [0.25, 0.3) is 0 Å². The topological polar surface area (TPSA) is 42.9 Å². The van der Waals surface area contributed by atoms with Gasteiger partial charge in [-0.1, -0.05) is 6.58 Å². The van der Waals surface area contributed by atoms with E-state index >= 15 is 0 Å². The molecule has 1 aliphatic rings. The lowest BCUT2D eigenvalue weighted by atomic mass is 10.2. The van der Waals surface area contributed by atoms with Gasteiger partial charge >= 0.3 is 0 Å². The summed E-state index contributed by atoms with van der Waals surface area (Å²) in [7, 11) is 0. The molecular formula is C10H9BrN2O. The minimum absolute atomic E-state index is 0.166. The highest BCUT2D eigenvalue weighted by atomic mass is 79.9. The molecule has 14 heavy (non-hydrogen) atoms. The van der Waals surface area contributed by atoms with Crippen LogP contribution >= 0.6 is 15.9 Å². The molecular weight excluding hydrogens is 244 g/mol. The van der Waals surface area contributed by atoms with Crippen molar-refractivity contribution in [3.05, 3.63) is 34.8 Å². The lowest BCUT2D eigenvalue weighted by Crippen LogP contribution is -2.04. The Hall–Kier alpha value is -1.03. The van der Waals surface area contributed by atoms with Gasteiger partial charge in [0.05, 0.1) is 4.47 Å². The van der Waals surface area contributed by atoms with Crippen molar-refractivity contribution in [2.45, 2.75) is 18.8 Å². The molecule has 2 rings (SSSR count). The molecule has 4 heteroatoms. The third kappa shape index (κ3) is 1.75. The van der Waals surface area contributed by atoms with Crippen molar-refractivity contribution >= 4 is 21.7 Å². The van der Waals surface area contributed by atoms with Gasteiger partial charge in [-0.05, 0) is 34.8 Å². The van der Waals surface area contributed by atoms with Crippen molar-refractivity contribution in [2.75, 3.05) is 0 Å². The van der Waals surface area contributed by atoms with Crippen LogP contribution in [0.4, 0.5) is 0 Å². The molecule has 0 atom stereocenters. The predicted octanol–water partition coefficient (Wildman–Crippen LogP) is 2.49. The minimum Gasteiger partial charge on any atom is -0.288 e. The predicted molar refractivity (Wildman–Crippen MR) is 56.2 cm³/mol. The molecule has 1 fully saturated rings. The first-order valence-electron chi connectivity index (χ1n) is 4.41. The van der Waals surface area contributed by atoms with Crippen LogP contribution < -0.4 is 0 Å². The molecule has 72 valence electrons. The SMILES string of the molecule is C=CC(=O)c1nc(C2CC2)ncc1Br. The molecule has 3 nitrogen and oxygen atoms in total. The van der Waals surface area contributed by atoms with Gasteiger partial charge in [-0.25, -0.2) is 9.97 Å². The zero-order chi connectivity index (χ0) is 10.1. The number of aromatic nitrogens is 2. The van der Waals surface area contributed by atoms with E-state index in [1.165, 1.54) is 6.08 Å². The fourth-order valence-electron chi connectivity index (χ4n) is 1.19. The Balaban J connectivity index is 2.40. The summed E-state index contributed by atoms with van der Waals surface area (Å²) in [5.41, 5.74) is 0.414. The standard InChI is InChI=1S/C10H9BrN2O/c1-2-8(14)9-7(11)5-12-10(13-9)6-3-4-6/h2,5-6H,1,3-4H2. The van der Waals surface area contributed by atoms with Gasteiger partial charge < -0.3 is 0 Å². The summed E-state index contributed by atoms with van der Waals surface area (Å²) in [4.78, 5) is 19.8. The van der Waals surface area contributed by atoms with Gasteiger partial charge in [-0.15, -0.1) is 0 Å². The highest BCUT2D eigenvalue weighted by Crippen LogP contribution is 2.38. The molecule has 0 saturated heterocycles. The van der Waals surface area contributed by atoms with Crippen LogP contribution in [0.2, 0.25) is 0 Å². The second-order valence-electron chi connectivity index (χ2n) is 3.27. The maximum absolute atomic E-state index is 11.4. The fraction of sp³-hybridized carbons (Fsp3) is 0.300. The first-order valence-corrected chi connectivity index (χ1v) is 5.21. The minimum atomic E-state index is -0.166. The van der Waals surface area contributed by atoms with Crippen LogP contribution in [0, 0.1) is 0 Å². The maximum atomic E-state index is 11.4. The van der Waals surface area contributed by atoms with E-state index in [4.69, 9.17) is 0 Å². The number of rotatable bonds is 3. The van der Waals surface area contributed by atoms with E-state index in [1.54, 1.807) is 6.20 Å². The van der Waals surface area contributed by atoms with Gasteiger partial charge in [0.15, 0.2) is 0 Å². The van der Waals surface area contributed by atoms with E-state index in [0.717, 1.165) is 18.7 Å². The summed E-state index contributed by atoms with van der Waals surface area (Å²) in [6.45, 7) is 3.44. The molecule has 0 unspecified atom stereocenters. The van der Waals surface area contributed by atoms with Gasteiger partial charge in [0.25, 0.3) is 0 Å². The van der Waals surface area contributed by atoms with Crippen LogP contribution in [0.15, 0.2) is 23.3 Å². The Morgan fingerprint density at radius 2 is 2.36 bits per heavy atom. The first-order chi connectivity index (χ1) is 6.72. The molecule has 0 aliphatic heterocycles. The first kappa shape index (κ1) is 9.52. The smallest absolute Gasteiger partial charge is 0.204 e. The molecule has 0 bridgehead atoms. The van der Waals surface area contributed by atoms with Crippen LogP contribution in [-0.4, -0.2) is 15.8 Å². The van der Waals surface area contributed by atoms with E-state index in [0.29, 0.717) is 16.1 Å². The Morgan fingerprint density at radius 3 is 2.93 bits per heavy atom. The van der Waals surface area contributed by atoms with Crippen molar-refractivity contribution in [2.24, 2.45) is 0 Å². The third-order valence-corrected chi connectivity index (χ3v) is 2.70. The quantitative estimate of drug-likeness (QED) is 0.614. The molecule has 0 radical (unpaired) electrons. The lowest BCUT2D eigenvalue weighted by molar-refractivity contribution is 0.104. The second-order valence-corrected chi connectivity index (χ2v) is 4.12. The van der Waals surface area contributed by atoms with Gasteiger partial charge in [0.1, 0.15) is 11.5 Å². The summed E-state index contributed by atoms with van der Waals surface area (Å²) >= 11 is 3.25. The van der Waals surface area contributed by atoms with Crippen LogP contribution in [0.5, 0.6) is 0 Å². The van der Waals surface area contributed by atoms with Gasteiger partial charge in [0.2, 0.25) is 5.78 Å². The lowest BCUT2D eigenvalue weighted by Gasteiger charge is -2.01. The van der Waals surface area contributed by atoms with E-state index in [-0.39, 0.29) is 5.78 Å². The monoisotopic (exact) mass is 252 g/mol. The van der Waals surface area contributed by atoms with Crippen molar-refractivity contribution in [1.82, 2.24) is 9.97 Å². The van der Waals surface area contributed by atoms with Crippen molar-refractivity contribution in [1.29, 1.82) is 0 Å². The Bertz CT molecular complexity index is 399. The summed E-state index contributed by atoms with van der Waals surface area (Å²) in [5, 5.41) is 0. The Kier molecular flexibility index (Phi) is 2.46. The number of halogens is 1. The molecule has 1 saturated carbocycles. The van der Waals surface area contributed by atoms with E-state index < -0.39 is 0 Å². The normalized spacial score (nSPS) is 15.2. The van der Waals surface area contributed by atoms with Gasteiger partial charge in [0, 0.05) is 12.1 Å². The number of carbonyl (C=O) groups excluding carboxylic acids is 1. The van der Waals surface area contributed by atoms with Gasteiger partial charge in [-0.3, -0.25) is 4.79 Å². The molecule has 0 N–H and O–H groups in total. The van der Waals surface area contributed by atoms with Crippen molar-refractivity contribution in [3.8, 4) is 0 Å². The van der Waals surface area contributed by atoms with Crippen molar-refractivity contribution < 1.29 is 4.79 Å². The molecule has 1 heterocycles. The Morgan fingerprint density at radius 1 is 1.64 bits per heavy atom. The molecule has 0 spiro atoms. The Labute approximate surface area is 90.4 Å². The number of ketones is 1. The van der Waals surface area contributed by atoms with Crippen LogP contribution in [0.3, 0.4) is 0 Å². The highest BCUT2D eigenvalue weighted by Gasteiger charge is 2.27. The summed E-state index contributed by atoms with van der Waals surface area (Å²) in [6, 6.07) is 0. The van der Waals surface area contributed by atoms with Crippen LogP contribution in [0.1, 0.15) is 35.1 Å². The summed E-state index contributed by atoms with van der Waals surface area (Å²) in [5.74, 6) is 1.07. The number of carbonyl (C=O) groups is 1. The molecule has 0 amide bonds. The number of nitrogens with zero attached hydrogens (tertiary/aromatic N) is 2. The fourth-order valence-corrected chi connectivity index (χ4v) is 1.57. The molecule has 1 aliphatic carbocycles. The zero-order valence-corrected chi connectivity index (χ0v) is 9.12. The number of allylic oxidation sites excluding steroid dienone is 1. The number of hydrogen-bond donors (Lipinski definition) is 0. The van der Waals surface area contributed by atoms with E-state index in [2.05, 4.69) is 32.5 Å². The maximum Gasteiger partial charge on any atom is 0.204 e. The average molecular weight is 253 g/mol. The van der Waals surface area contributed by atoms with Gasteiger partial charge in [-0.2, -0.15) is 0 Å². The molecule has 1 aromatic heterocycles. The molecule has 0 aromatic carbocycles. The van der Waals surface area contributed by atoms with E-state index in [9.17, 15) is 4.79 Å². The van der Waals surface area contributed by atoms with Crippen molar-refractivity contribution in [3.63, 3.8) is 0 Å². The van der Waals surface area contributed by atoms with Crippen LogP contribution in [-0.2, 0) is 0 Å². The number of hydrogen-bond acceptors (Lipinski definition) is 3. The summed E-state index contributed by atoms with van der Waals surface area (Å²) < 4.78 is 0.631. The third-order valence-electron chi connectivity index (χ3n) is 2.12. The largest absolute Gasteiger partial charge is 0.288 e. The zero-order valence-electron chi connectivity index (χ0n) is 7.53. The van der Waals surface area contributed by atoms with E-state index in [1.807, 2.05) is 0 Å². The molecule has 1 aromatic rings. The average Bonchev–Trinajstić information content (AvgIpc) is 3.01. The summed E-state index contributed by atoms with van der Waals surface area (Å²) in [6.07, 6.45) is 5.16. The highest BCUT2D eigenvalue weighted by molar-refractivity contribution is 9.10. The second kappa shape index (κ2) is 3.61.